The third-order valence-corrected chi connectivity index (χ3v) is 7.03. The lowest BCUT2D eigenvalue weighted by Gasteiger charge is -2.17. The van der Waals surface area contributed by atoms with Gasteiger partial charge in [0.2, 0.25) is 15.9 Å². The Morgan fingerprint density at radius 3 is 2.44 bits per heavy atom. The van der Waals surface area contributed by atoms with E-state index in [4.69, 9.17) is 0 Å². The topological polar surface area (TPSA) is 108 Å². The van der Waals surface area contributed by atoms with Crippen LogP contribution in [0.5, 0.6) is 0 Å². The number of rotatable bonds is 11. The van der Waals surface area contributed by atoms with Crippen LogP contribution in [-0.4, -0.2) is 50.7 Å². The molecule has 172 valence electrons. The van der Waals surface area contributed by atoms with E-state index in [9.17, 15) is 18.0 Å². The minimum absolute atomic E-state index is 0.000990. The lowest BCUT2D eigenvalue weighted by molar-refractivity contribution is -0.114. The molecule has 0 radical (unpaired) electrons. The van der Waals surface area contributed by atoms with Crippen LogP contribution in [0.25, 0.3) is 0 Å². The average Bonchev–Trinajstić information content (AvgIpc) is 3.60. The third-order valence-electron chi connectivity index (χ3n) is 5.16. The van der Waals surface area contributed by atoms with Crippen LogP contribution in [0.4, 0.5) is 11.4 Å². The van der Waals surface area contributed by atoms with Gasteiger partial charge in [-0.2, -0.15) is 0 Å². The number of hydrogen-bond acceptors (Lipinski definition) is 5. The van der Waals surface area contributed by atoms with Gasteiger partial charge < -0.3 is 16.0 Å². The number of nitrogens with zero attached hydrogens (tertiary/aromatic N) is 1. The first-order valence-electron chi connectivity index (χ1n) is 10.8. The number of hydrogen-bond donors (Lipinski definition) is 3. The van der Waals surface area contributed by atoms with Gasteiger partial charge in [0.15, 0.2) is 0 Å². The first-order valence-corrected chi connectivity index (χ1v) is 12.2. The molecule has 0 heterocycles. The van der Waals surface area contributed by atoms with E-state index in [0.717, 1.165) is 25.7 Å². The molecule has 0 aliphatic heterocycles. The van der Waals surface area contributed by atoms with Gasteiger partial charge >= 0.3 is 0 Å². The molecule has 8 nitrogen and oxygen atoms in total. The SMILES string of the molecule is CCCCN(C)S(=O)(=O)c1ccc(NCC(=O)Nc2cccc(C(=O)NC3CC3)c2)cc1. The molecule has 3 rings (SSSR count). The van der Waals surface area contributed by atoms with Gasteiger partial charge in [0.05, 0.1) is 11.4 Å². The second-order valence-corrected chi connectivity index (χ2v) is 9.98. The van der Waals surface area contributed by atoms with Crippen LogP contribution in [0, 0.1) is 0 Å². The average molecular weight is 459 g/mol. The summed E-state index contributed by atoms with van der Waals surface area (Å²) in [5.41, 5.74) is 1.67. The Balaban J connectivity index is 1.52. The number of carbonyl (C=O) groups excluding carboxylic acids is 2. The van der Waals surface area contributed by atoms with Crippen molar-refractivity contribution in [3.63, 3.8) is 0 Å². The molecule has 0 spiro atoms. The molecule has 32 heavy (non-hydrogen) atoms. The highest BCUT2D eigenvalue weighted by Crippen LogP contribution is 2.20. The van der Waals surface area contributed by atoms with Crippen LogP contribution < -0.4 is 16.0 Å². The molecule has 0 aromatic heterocycles. The maximum absolute atomic E-state index is 12.6. The predicted molar refractivity (Wildman–Crippen MR) is 125 cm³/mol. The van der Waals surface area contributed by atoms with Crippen molar-refractivity contribution in [1.82, 2.24) is 9.62 Å². The third kappa shape index (κ3) is 6.54. The van der Waals surface area contributed by atoms with Gasteiger partial charge in [0, 0.05) is 36.6 Å². The van der Waals surface area contributed by atoms with Crippen molar-refractivity contribution in [2.24, 2.45) is 0 Å². The second kappa shape index (κ2) is 10.6. The van der Waals surface area contributed by atoms with Gasteiger partial charge in [-0.3, -0.25) is 9.59 Å². The number of amides is 2. The van der Waals surface area contributed by atoms with E-state index in [-0.39, 0.29) is 29.3 Å². The zero-order valence-electron chi connectivity index (χ0n) is 18.4. The van der Waals surface area contributed by atoms with Gasteiger partial charge in [-0.15, -0.1) is 0 Å². The summed E-state index contributed by atoms with van der Waals surface area (Å²) >= 11 is 0. The summed E-state index contributed by atoms with van der Waals surface area (Å²) in [4.78, 5) is 24.7. The molecule has 2 aromatic carbocycles. The van der Waals surface area contributed by atoms with E-state index in [1.165, 1.54) is 16.4 Å². The Morgan fingerprint density at radius 2 is 1.78 bits per heavy atom. The van der Waals surface area contributed by atoms with Crippen LogP contribution >= 0.6 is 0 Å². The Morgan fingerprint density at radius 1 is 1.06 bits per heavy atom. The Hall–Kier alpha value is -2.91. The van der Waals surface area contributed by atoms with Crippen LogP contribution in [0.3, 0.4) is 0 Å². The molecule has 0 atom stereocenters. The molecule has 1 fully saturated rings. The largest absolute Gasteiger partial charge is 0.376 e. The number of sulfonamides is 1. The van der Waals surface area contributed by atoms with E-state index in [1.807, 2.05) is 6.92 Å². The van der Waals surface area contributed by atoms with Crippen LogP contribution in [-0.2, 0) is 14.8 Å². The van der Waals surface area contributed by atoms with Gasteiger partial charge in [-0.1, -0.05) is 19.4 Å². The van der Waals surface area contributed by atoms with Gasteiger partial charge in [0.25, 0.3) is 5.91 Å². The first kappa shape index (κ1) is 23.7. The van der Waals surface area contributed by atoms with Crippen LogP contribution in [0.1, 0.15) is 43.0 Å². The number of benzene rings is 2. The van der Waals surface area contributed by atoms with Gasteiger partial charge in [0.1, 0.15) is 0 Å². The van der Waals surface area contributed by atoms with E-state index < -0.39 is 10.0 Å². The van der Waals surface area contributed by atoms with E-state index in [1.54, 1.807) is 43.4 Å². The van der Waals surface area contributed by atoms with Gasteiger partial charge in [-0.25, -0.2) is 12.7 Å². The lowest BCUT2D eigenvalue weighted by Crippen LogP contribution is -2.28. The molecule has 1 aliphatic carbocycles. The standard InChI is InChI=1S/C23H30N4O4S/c1-3-4-14-27(2)32(30,31)21-12-10-18(11-13-21)24-16-22(28)25-20-7-5-6-17(15-20)23(29)26-19-8-9-19/h5-7,10-13,15,19,24H,3-4,8-9,14,16H2,1-2H3,(H,25,28)(H,26,29). The zero-order valence-corrected chi connectivity index (χ0v) is 19.2. The van der Waals surface area contributed by atoms with Crippen LogP contribution in [0.2, 0.25) is 0 Å². The highest BCUT2D eigenvalue weighted by molar-refractivity contribution is 7.89. The van der Waals surface area contributed by atoms with E-state index in [2.05, 4.69) is 16.0 Å². The van der Waals surface area contributed by atoms with E-state index >= 15 is 0 Å². The Labute approximate surface area is 189 Å². The summed E-state index contributed by atoms with van der Waals surface area (Å²) < 4.78 is 26.5. The number of carbonyl (C=O) groups is 2. The molecule has 9 heteroatoms. The molecule has 0 saturated heterocycles. The summed E-state index contributed by atoms with van der Waals surface area (Å²) in [6.45, 7) is 2.49. The highest BCUT2D eigenvalue weighted by Gasteiger charge is 2.24. The van der Waals surface area contributed by atoms with Crippen molar-refractivity contribution in [3.8, 4) is 0 Å². The Bertz CT molecular complexity index is 1050. The molecular formula is C23H30N4O4S. The van der Waals surface area contributed by atoms with Crippen molar-refractivity contribution < 1.29 is 18.0 Å². The van der Waals surface area contributed by atoms with Crippen molar-refractivity contribution in [3.05, 3.63) is 54.1 Å². The lowest BCUT2D eigenvalue weighted by atomic mass is 10.2. The van der Waals surface area contributed by atoms with E-state index in [0.29, 0.717) is 23.5 Å². The Kier molecular flexibility index (Phi) is 7.87. The monoisotopic (exact) mass is 458 g/mol. The zero-order chi connectivity index (χ0) is 23.1. The molecule has 3 N–H and O–H groups in total. The number of unbranched alkanes of at least 4 members (excludes halogenated alkanes) is 1. The van der Waals surface area contributed by atoms with Crippen LogP contribution in [0.15, 0.2) is 53.4 Å². The van der Waals surface area contributed by atoms with Crippen molar-refractivity contribution >= 4 is 33.2 Å². The quantitative estimate of drug-likeness (QED) is 0.480. The summed E-state index contributed by atoms with van der Waals surface area (Å²) in [6.07, 6.45) is 3.74. The summed E-state index contributed by atoms with van der Waals surface area (Å²) in [5, 5.41) is 8.66. The summed E-state index contributed by atoms with van der Waals surface area (Å²) in [5.74, 6) is -0.419. The normalized spacial score (nSPS) is 13.6. The fourth-order valence-corrected chi connectivity index (χ4v) is 4.26. The summed E-state index contributed by atoms with van der Waals surface area (Å²) in [7, 11) is -1.95. The molecule has 0 unspecified atom stereocenters. The van der Waals surface area contributed by atoms with Gasteiger partial charge in [-0.05, 0) is 61.7 Å². The molecule has 2 amide bonds. The molecule has 1 aliphatic rings. The van der Waals surface area contributed by atoms with Crippen molar-refractivity contribution in [2.75, 3.05) is 30.8 Å². The first-order chi connectivity index (χ1) is 15.3. The highest BCUT2D eigenvalue weighted by atomic mass is 32.2. The smallest absolute Gasteiger partial charge is 0.251 e. The number of nitrogens with one attached hydrogen (secondary N) is 3. The maximum atomic E-state index is 12.6. The predicted octanol–water partition coefficient (Wildman–Crippen LogP) is 3.05. The van der Waals surface area contributed by atoms with Crippen molar-refractivity contribution in [1.29, 1.82) is 0 Å². The molecule has 2 aromatic rings. The summed E-state index contributed by atoms with van der Waals surface area (Å²) in [6, 6.07) is 13.4. The minimum atomic E-state index is -3.52. The fourth-order valence-electron chi connectivity index (χ4n) is 3.05. The molecule has 0 bridgehead atoms. The number of anilines is 2. The fraction of sp³-hybridized carbons (Fsp3) is 0.391. The molecule has 1 saturated carbocycles. The second-order valence-electron chi connectivity index (χ2n) is 7.93. The minimum Gasteiger partial charge on any atom is -0.376 e. The maximum Gasteiger partial charge on any atom is 0.251 e. The van der Waals surface area contributed by atoms with Crippen molar-refractivity contribution in [2.45, 2.75) is 43.5 Å². The molecular weight excluding hydrogens is 428 g/mol.